The number of aldehydes is 1. The third-order valence-corrected chi connectivity index (χ3v) is 2.90. The minimum atomic E-state index is -1.45. The number of hydrogen-bond donors (Lipinski definition) is 2. The highest BCUT2D eigenvalue weighted by Crippen LogP contribution is 2.32. The fraction of sp³-hybridized carbons (Fsp3) is 0.467. The third kappa shape index (κ3) is 4.19. The van der Waals surface area contributed by atoms with E-state index in [0.717, 1.165) is 6.42 Å². The molecule has 0 aromatic heterocycles. The van der Waals surface area contributed by atoms with E-state index < -0.39 is 18.2 Å². The average Bonchev–Trinajstić information content (AvgIpc) is 2.43. The molecule has 0 saturated heterocycles. The topological polar surface area (TPSA) is 93.1 Å². The van der Waals surface area contributed by atoms with Crippen LogP contribution in [-0.4, -0.2) is 41.3 Å². The van der Waals surface area contributed by atoms with E-state index in [1.807, 2.05) is 6.92 Å². The lowest BCUT2D eigenvalue weighted by Crippen LogP contribution is -2.37. The molecule has 0 heterocycles. The predicted octanol–water partition coefficient (Wildman–Crippen LogP) is 1.81. The van der Waals surface area contributed by atoms with Crippen molar-refractivity contribution in [3.63, 3.8) is 0 Å². The summed E-state index contributed by atoms with van der Waals surface area (Å²) < 4.78 is 10.9. The number of ether oxygens (including phenoxy) is 2. The summed E-state index contributed by atoms with van der Waals surface area (Å²) in [5.41, 5.74) is 0.739. The van der Waals surface area contributed by atoms with E-state index in [4.69, 9.17) is 14.6 Å². The summed E-state index contributed by atoms with van der Waals surface area (Å²) in [6.45, 7) is 5.44. The van der Waals surface area contributed by atoms with Gasteiger partial charge in [0.1, 0.15) is 11.5 Å². The number of carboxylic acid groups (broad SMARTS) is 1. The zero-order chi connectivity index (χ0) is 16.0. The number of rotatable bonds is 8. The van der Waals surface area contributed by atoms with Crippen LogP contribution in [0.2, 0.25) is 0 Å². The third-order valence-electron chi connectivity index (χ3n) is 2.90. The second-order valence-corrected chi connectivity index (χ2v) is 4.69. The molecule has 0 fully saturated rings. The van der Waals surface area contributed by atoms with Crippen LogP contribution in [0.25, 0.3) is 0 Å². The van der Waals surface area contributed by atoms with Gasteiger partial charge in [-0.05, 0) is 32.4 Å². The Bertz CT molecular complexity index is 509. The van der Waals surface area contributed by atoms with Crippen LogP contribution in [0.15, 0.2) is 12.1 Å². The summed E-state index contributed by atoms with van der Waals surface area (Å²) in [6, 6.07) is 3.14. The molecule has 0 aliphatic rings. The summed E-state index contributed by atoms with van der Waals surface area (Å²) in [5, 5.41) is 18.5. The highest BCUT2D eigenvalue weighted by molar-refractivity contribution is 5.82. The molecule has 0 bridgehead atoms. The van der Waals surface area contributed by atoms with Gasteiger partial charge in [0, 0.05) is 5.56 Å². The van der Waals surface area contributed by atoms with Gasteiger partial charge in [-0.2, -0.15) is 0 Å². The van der Waals surface area contributed by atoms with Crippen LogP contribution in [0.5, 0.6) is 11.5 Å². The number of carbonyl (C=O) groups is 2. The fourth-order valence-corrected chi connectivity index (χ4v) is 1.79. The van der Waals surface area contributed by atoms with Crippen molar-refractivity contribution in [3.8, 4) is 11.5 Å². The number of benzene rings is 1. The van der Waals surface area contributed by atoms with Crippen LogP contribution in [-0.2, 0) is 4.79 Å². The quantitative estimate of drug-likeness (QED) is 0.711. The van der Waals surface area contributed by atoms with Gasteiger partial charge in [0.15, 0.2) is 6.29 Å². The Hall–Kier alpha value is -2.08. The van der Waals surface area contributed by atoms with E-state index in [1.54, 1.807) is 13.0 Å². The second kappa shape index (κ2) is 7.64. The van der Waals surface area contributed by atoms with Gasteiger partial charge < -0.3 is 19.7 Å². The number of aliphatic hydroxyl groups is 1. The lowest BCUT2D eigenvalue weighted by atomic mass is 10.1. The van der Waals surface area contributed by atoms with Crippen LogP contribution in [0.4, 0.5) is 0 Å². The van der Waals surface area contributed by atoms with Gasteiger partial charge in [0.2, 0.25) is 6.10 Å². The van der Waals surface area contributed by atoms with Crippen molar-refractivity contribution >= 4 is 12.3 Å². The Balaban J connectivity index is 3.18. The predicted molar refractivity (Wildman–Crippen MR) is 76.1 cm³/mol. The Morgan fingerprint density at radius 1 is 1.43 bits per heavy atom. The van der Waals surface area contributed by atoms with E-state index >= 15 is 0 Å². The lowest BCUT2D eigenvalue weighted by molar-refractivity contribution is -0.149. The van der Waals surface area contributed by atoms with Crippen molar-refractivity contribution < 1.29 is 29.3 Å². The fourth-order valence-electron chi connectivity index (χ4n) is 1.79. The highest BCUT2D eigenvalue weighted by Gasteiger charge is 2.27. The van der Waals surface area contributed by atoms with Crippen LogP contribution in [0.3, 0.4) is 0 Å². The molecule has 0 amide bonds. The molecule has 0 spiro atoms. The molecule has 6 heteroatoms. The molecule has 1 aromatic rings. The number of aliphatic hydroxyl groups excluding tert-OH is 1. The minimum Gasteiger partial charge on any atom is -0.493 e. The standard InChI is InChI=1S/C15H20O6/c1-4-7-20-12-6-5-11(8-16)13(9(12)2)21-14(10(3)17)15(18)19/h5-6,8,10,14,17H,4,7H2,1-3H3,(H,18,19)/t10-,14?/m1/s1. The smallest absolute Gasteiger partial charge is 0.347 e. The summed E-state index contributed by atoms with van der Waals surface area (Å²) in [4.78, 5) is 22.2. The van der Waals surface area contributed by atoms with Crippen LogP contribution in [0.1, 0.15) is 36.2 Å². The molecular formula is C15H20O6. The molecule has 1 rings (SSSR count). The molecule has 1 aromatic carbocycles. The van der Waals surface area contributed by atoms with Gasteiger partial charge in [-0.15, -0.1) is 0 Å². The molecule has 21 heavy (non-hydrogen) atoms. The molecule has 2 N–H and O–H groups in total. The number of aliphatic carboxylic acids is 1. The maximum Gasteiger partial charge on any atom is 0.347 e. The van der Waals surface area contributed by atoms with Crippen LogP contribution < -0.4 is 9.47 Å². The van der Waals surface area contributed by atoms with E-state index in [-0.39, 0.29) is 11.3 Å². The van der Waals surface area contributed by atoms with Crippen LogP contribution >= 0.6 is 0 Å². The second-order valence-electron chi connectivity index (χ2n) is 4.69. The van der Waals surface area contributed by atoms with Gasteiger partial charge in [0.05, 0.1) is 18.3 Å². The monoisotopic (exact) mass is 296 g/mol. The van der Waals surface area contributed by atoms with E-state index in [2.05, 4.69) is 0 Å². The van der Waals surface area contributed by atoms with Gasteiger partial charge in [0.25, 0.3) is 0 Å². The van der Waals surface area contributed by atoms with Crippen molar-refractivity contribution in [2.75, 3.05) is 6.61 Å². The number of carbonyl (C=O) groups excluding carboxylic acids is 1. The molecule has 116 valence electrons. The van der Waals surface area contributed by atoms with E-state index in [1.165, 1.54) is 13.0 Å². The number of carboxylic acids is 1. The molecular weight excluding hydrogens is 276 g/mol. The zero-order valence-electron chi connectivity index (χ0n) is 12.3. The van der Waals surface area contributed by atoms with Crippen LogP contribution in [0, 0.1) is 6.92 Å². The first-order chi connectivity index (χ1) is 9.92. The normalized spacial score (nSPS) is 13.3. The highest BCUT2D eigenvalue weighted by atomic mass is 16.5. The first kappa shape index (κ1) is 17.0. The lowest BCUT2D eigenvalue weighted by Gasteiger charge is -2.21. The van der Waals surface area contributed by atoms with Crippen molar-refractivity contribution in [2.24, 2.45) is 0 Å². The van der Waals surface area contributed by atoms with Gasteiger partial charge in [-0.3, -0.25) is 4.79 Å². The first-order valence-electron chi connectivity index (χ1n) is 6.71. The maximum atomic E-state index is 11.1. The molecule has 0 aliphatic carbocycles. The SMILES string of the molecule is CCCOc1ccc(C=O)c(OC(C(=O)O)[C@@H](C)O)c1C. The molecule has 1 unspecified atom stereocenters. The molecule has 6 nitrogen and oxygen atoms in total. The average molecular weight is 296 g/mol. The summed E-state index contributed by atoms with van der Waals surface area (Å²) in [6.07, 6.45) is -1.28. The first-order valence-corrected chi connectivity index (χ1v) is 6.71. The summed E-state index contributed by atoms with van der Waals surface area (Å²) in [5.74, 6) is -0.666. The van der Waals surface area contributed by atoms with E-state index in [0.29, 0.717) is 24.2 Å². The van der Waals surface area contributed by atoms with Crippen molar-refractivity contribution in [3.05, 3.63) is 23.3 Å². The number of hydrogen-bond acceptors (Lipinski definition) is 5. The minimum absolute atomic E-state index is 0.118. The molecule has 0 saturated carbocycles. The summed E-state index contributed by atoms with van der Waals surface area (Å²) >= 11 is 0. The van der Waals surface area contributed by atoms with Gasteiger partial charge in [-0.1, -0.05) is 6.92 Å². The molecule has 2 atom stereocenters. The Morgan fingerprint density at radius 3 is 2.57 bits per heavy atom. The van der Waals surface area contributed by atoms with Gasteiger partial charge in [-0.25, -0.2) is 4.79 Å². The van der Waals surface area contributed by atoms with Gasteiger partial charge >= 0.3 is 5.97 Å². The maximum absolute atomic E-state index is 11.1. The zero-order valence-corrected chi connectivity index (χ0v) is 12.3. The molecule has 0 aliphatic heterocycles. The van der Waals surface area contributed by atoms with E-state index in [9.17, 15) is 14.7 Å². The Labute approximate surface area is 123 Å². The molecule has 0 radical (unpaired) electrons. The largest absolute Gasteiger partial charge is 0.493 e. The van der Waals surface area contributed by atoms with Crippen molar-refractivity contribution in [2.45, 2.75) is 39.4 Å². The summed E-state index contributed by atoms with van der Waals surface area (Å²) in [7, 11) is 0. The van der Waals surface area contributed by atoms with Crippen molar-refractivity contribution in [1.29, 1.82) is 0 Å². The van der Waals surface area contributed by atoms with Crippen molar-refractivity contribution in [1.82, 2.24) is 0 Å². The Morgan fingerprint density at radius 2 is 2.10 bits per heavy atom. The Kier molecular flexibility index (Phi) is 6.17.